The second-order valence-corrected chi connectivity index (χ2v) is 10.5. The van der Waals surface area contributed by atoms with Gasteiger partial charge in [0.15, 0.2) is 0 Å². The Labute approximate surface area is 202 Å². The summed E-state index contributed by atoms with van der Waals surface area (Å²) in [6.07, 6.45) is 11.0. The van der Waals surface area contributed by atoms with Crippen molar-refractivity contribution in [3.8, 4) is 5.75 Å². The van der Waals surface area contributed by atoms with Gasteiger partial charge in [-0.05, 0) is 81.3 Å². The number of ether oxygens (including phenoxy) is 1. The molecule has 1 aromatic carbocycles. The largest absolute Gasteiger partial charge is 0.497 e. The Hall–Kier alpha value is -1.79. The van der Waals surface area contributed by atoms with Crippen molar-refractivity contribution in [3.63, 3.8) is 0 Å². The van der Waals surface area contributed by atoms with Gasteiger partial charge < -0.3 is 14.7 Å². The first-order valence-corrected chi connectivity index (χ1v) is 13.1. The van der Waals surface area contributed by atoms with E-state index in [-0.39, 0.29) is 18.4 Å². The lowest BCUT2D eigenvalue weighted by molar-refractivity contribution is 0.0281. The fourth-order valence-electron chi connectivity index (χ4n) is 5.99. The van der Waals surface area contributed by atoms with E-state index in [1.54, 1.807) is 25.3 Å². The van der Waals surface area contributed by atoms with Crippen LogP contribution in [-0.4, -0.2) is 48.3 Å². The van der Waals surface area contributed by atoms with Crippen LogP contribution in [0.4, 0.5) is 8.78 Å². The average molecular weight is 475 g/mol. The predicted octanol–water partition coefficient (Wildman–Crippen LogP) is 6.55. The molecular formula is C28H40F2N2O2. The second-order valence-electron chi connectivity index (χ2n) is 10.5. The zero-order valence-corrected chi connectivity index (χ0v) is 20.6. The van der Waals surface area contributed by atoms with E-state index in [9.17, 15) is 9.50 Å². The summed E-state index contributed by atoms with van der Waals surface area (Å²) >= 11 is 0. The normalized spacial score (nSPS) is 20.5. The van der Waals surface area contributed by atoms with Crippen LogP contribution in [0, 0.1) is 11.3 Å². The van der Waals surface area contributed by atoms with E-state index >= 15 is 4.39 Å². The van der Waals surface area contributed by atoms with Crippen molar-refractivity contribution in [3.05, 3.63) is 35.5 Å². The minimum absolute atomic E-state index is 0.0804. The molecule has 1 saturated heterocycles. The van der Waals surface area contributed by atoms with Gasteiger partial charge in [-0.3, -0.25) is 4.98 Å². The van der Waals surface area contributed by atoms with Crippen LogP contribution in [0.1, 0.15) is 81.5 Å². The SMILES string of the molecule is COc1ccc2ncc(CF)c(C(F)CCC3(CO)CCN(CCC4CCCCC4)CC3)c2c1. The van der Waals surface area contributed by atoms with Crippen molar-refractivity contribution in [2.24, 2.45) is 11.3 Å². The molecule has 0 amide bonds. The molecule has 1 saturated carbocycles. The minimum Gasteiger partial charge on any atom is -0.497 e. The Morgan fingerprint density at radius 1 is 1.21 bits per heavy atom. The molecule has 6 heteroatoms. The van der Waals surface area contributed by atoms with Gasteiger partial charge in [0.2, 0.25) is 0 Å². The van der Waals surface area contributed by atoms with E-state index in [0.29, 0.717) is 34.2 Å². The number of benzene rings is 1. The molecule has 188 valence electrons. The third kappa shape index (κ3) is 5.88. The maximum absolute atomic E-state index is 15.7. The number of pyridine rings is 1. The predicted molar refractivity (Wildman–Crippen MR) is 133 cm³/mol. The number of methoxy groups -OCH3 is 1. The molecule has 34 heavy (non-hydrogen) atoms. The van der Waals surface area contributed by atoms with E-state index in [0.717, 1.165) is 38.4 Å². The van der Waals surface area contributed by atoms with Crippen molar-refractivity contribution < 1.29 is 18.6 Å². The van der Waals surface area contributed by atoms with E-state index in [1.165, 1.54) is 44.7 Å². The monoisotopic (exact) mass is 474 g/mol. The Morgan fingerprint density at radius 2 is 1.97 bits per heavy atom. The van der Waals surface area contributed by atoms with Crippen molar-refractivity contribution in [2.75, 3.05) is 33.4 Å². The van der Waals surface area contributed by atoms with E-state index in [4.69, 9.17) is 4.74 Å². The molecule has 1 N–H and O–H groups in total. The third-order valence-electron chi connectivity index (χ3n) is 8.42. The van der Waals surface area contributed by atoms with Crippen LogP contribution >= 0.6 is 0 Å². The van der Waals surface area contributed by atoms with Crippen molar-refractivity contribution in [1.29, 1.82) is 0 Å². The first-order chi connectivity index (χ1) is 16.6. The maximum atomic E-state index is 15.7. The fraction of sp³-hybridized carbons (Fsp3) is 0.679. The van der Waals surface area contributed by atoms with Gasteiger partial charge in [0.1, 0.15) is 18.6 Å². The van der Waals surface area contributed by atoms with Crippen molar-refractivity contribution in [1.82, 2.24) is 9.88 Å². The number of fused-ring (bicyclic) bond motifs is 1. The zero-order valence-electron chi connectivity index (χ0n) is 20.6. The maximum Gasteiger partial charge on any atom is 0.126 e. The number of hydrogen-bond acceptors (Lipinski definition) is 4. The summed E-state index contributed by atoms with van der Waals surface area (Å²) in [6, 6.07) is 5.31. The van der Waals surface area contributed by atoms with E-state index < -0.39 is 12.8 Å². The molecule has 0 bridgehead atoms. The van der Waals surface area contributed by atoms with Gasteiger partial charge in [0, 0.05) is 29.3 Å². The van der Waals surface area contributed by atoms with Crippen LogP contribution in [0.2, 0.25) is 0 Å². The summed E-state index contributed by atoms with van der Waals surface area (Å²) < 4.78 is 34.8. The number of halogens is 2. The van der Waals surface area contributed by atoms with Gasteiger partial charge in [0.05, 0.1) is 12.6 Å². The lowest BCUT2D eigenvalue weighted by atomic mass is 9.74. The van der Waals surface area contributed by atoms with E-state index in [1.807, 2.05) is 0 Å². The Morgan fingerprint density at radius 3 is 2.65 bits per heavy atom. The quantitative estimate of drug-likeness (QED) is 0.424. The highest BCUT2D eigenvalue weighted by Crippen LogP contribution is 2.41. The Balaban J connectivity index is 1.38. The lowest BCUT2D eigenvalue weighted by Crippen LogP contribution is -2.42. The molecule has 1 atom stereocenters. The second kappa shape index (κ2) is 11.8. The number of hydrogen-bond donors (Lipinski definition) is 1. The summed E-state index contributed by atoms with van der Waals surface area (Å²) in [5.41, 5.74) is 1.06. The molecule has 4 nitrogen and oxygen atoms in total. The summed E-state index contributed by atoms with van der Waals surface area (Å²) in [5.74, 6) is 1.48. The topological polar surface area (TPSA) is 45.6 Å². The molecular weight excluding hydrogens is 434 g/mol. The molecule has 0 spiro atoms. The van der Waals surface area contributed by atoms with Gasteiger partial charge in [0.25, 0.3) is 0 Å². The van der Waals surface area contributed by atoms with Gasteiger partial charge in [-0.15, -0.1) is 0 Å². The summed E-state index contributed by atoms with van der Waals surface area (Å²) in [4.78, 5) is 6.83. The van der Waals surface area contributed by atoms with Crippen LogP contribution in [0.3, 0.4) is 0 Å². The van der Waals surface area contributed by atoms with Gasteiger partial charge in [-0.1, -0.05) is 32.1 Å². The molecule has 4 rings (SSSR count). The molecule has 1 aliphatic carbocycles. The lowest BCUT2D eigenvalue weighted by Gasteiger charge is -2.41. The van der Waals surface area contributed by atoms with Crippen molar-refractivity contribution in [2.45, 2.75) is 77.1 Å². The van der Waals surface area contributed by atoms with Crippen LogP contribution in [0.25, 0.3) is 10.9 Å². The molecule has 1 aliphatic heterocycles. The van der Waals surface area contributed by atoms with Gasteiger partial charge >= 0.3 is 0 Å². The van der Waals surface area contributed by atoms with Crippen LogP contribution in [0.15, 0.2) is 24.4 Å². The summed E-state index contributed by atoms with van der Waals surface area (Å²) in [6.45, 7) is 2.40. The first-order valence-electron chi connectivity index (χ1n) is 13.1. The molecule has 1 aromatic heterocycles. The minimum atomic E-state index is -1.31. The standard InChI is InChI=1S/C28H40F2N2O2/c1-34-23-7-8-26-24(17-23)27(22(18-29)19-31-26)25(30)9-11-28(20-33)12-15-32(16-13-28)14-10-21-5-3-2-4-6-21/h7-8,17,19,21,25,33H,2-6,9-16,18,20H2,1H3. The average Bonchev–Trinajstić information content (AvgIpc) is 2.90. The molecule has 2 aromatic rings. The highest BCUT2D eigenvalue weighted by atomic mass is 19.1. The first kappa shape index (κ1) is 25.3. The van der Waals surface area contributed by atoms with Crippen molar-refractivity contribution >= 4 is 10.9 Å². The molecule has 0 radical (unpaired) electrons. The smallest absolute Gasteiger partial charge is 0.126 e. The third-order valence-corrected chi connectivity index (χ3v) is 8.42. The van der Waals surface area contributed by atoms with Crippen LogP contribution in [0.5, 0.6) is 5.75 Å². The number of alkyl halides is 2. The number of aliphatic hydroxyl groups excluding tert-OH is 1. The summed E-state index contributed by atoms with van der Waals surface area (Å²) in [7, 11) is 1.56. The highest BCUT2D eigenvalue weighted by Gasteiger charge is 2.35. The Bertz CT molecular complexity index is 919. The highest BCUT2D eigenvalue weighted by molar-refractivity contribution is 5.85. The molecule has 2 aliphatic rings. The summed E-state index contributed by atoms with van der Waals surface area (Å²) in [5, 5.41) is 10.9. The van der Waals surface area contributed by atoms with E-state index in [2.05, 4.69) is 9.88 Å². The number of nitrogens with zero attached hydrogens (tertiary/aromatic N) is 2. The molecule has 2 heterocycles. The fourth-order valence-corrected chi connectivity index (χ4v) is 5.99. The molecule has 1 unspecified atom stereocenters. The van der Waals surface area contributed by atoms with Crippen LogP contribution in [-0.2, 0) is 6.67 Å². The number of piperidine rings is 1. The van der Waals surface area contributed by atoms with Gasteiger partial charge in [-0.25, -0.2) is 8.78 Å². The molecule has 2 fully saturated rings. The van der Waals surface area contributed by atoms with Gasteiger partial charge in [-0.2, -0.15) is 0 Å². The number of aliphatic hydroxyl groups is 1. The zero-order chi connectivity index (χ0) is 24.0. The Kier molecular flexibility index (Phi) is 8.75. The van der Waals surface area contributed by atoms with Crippen LogP contribution < -0.4 is 4.74 Å². The number of rotatable bonds is 10. The number of aromatic nitrogens is 1. The number of likely N-dealkylation sites (tertiary alicyclic amines) is 1.